The topological polar surface area (TPSA) is 47.4 Å². The van der Waals surface area contributed by atoms with Gasteiger partial charge in [0.15, 0.2) is 0 Å². The molecule has 1 aliphatic heterocycles. The van der Waals surface area contributed by atoms with Gasteiger partial charge >= 0.3 is 6.09 Å². The van der Waals surface area contributed by atoms with Gasteiger partial charge in [-0.2, -0.15) is 5.10 Å². The summed E-state index contributed by atoms with van der Waals surface area (Å²) in [7, 11) is 0. The van der Waals surface area contributed by atoms with Crippen LogP contribution in [0.2, 0.25) is 5.02 Å². The summed E-state index contributed by atoms with van der Waals surface area (Å²) in [6, 6.07) is 7.56. The second kappa shape index (κ2) is 6.41. The average molecular weight is 413 g/mol. The molecule has 0 bridgehead atoms. The summed E-state index contributed by atoms with van der Waals surface area (Å²) in [5, 5.41) is 5.36. The van der Waals surface area contributed by atoms with Gasteiger partial charge in [-0.3, -0.25) is 4.68 Å². The molecule has 0 spiro atoms. The summed E-state index contributed by atoms with van der Waals surface area (Å²) < 4.78 is 8.30. The first-order valence-electron chi connectivity index (χ1n) is 7.73. The van der Waals surface area contributed by atoms with Crippen LogP contribution in [0.3, 0.4) is 0 Å². The Labute approximate surface area is 154 Å². The molecule has 0 saturated heterocycles. The van der Waals surface area contributed by atoms with Crippen LogP contribution in [0.15, 0.2) is 28.7 Å². The monoisotopic (exact) mass is 411 g/mol. The molecule has 7 heteroatoms. The first kappa shape index (κ1) is 17.3. The Morgan fingerprint density at radius 3 is 2.54 bits per heavy atom. The van der Waals surface area contributed by atoms with Crippen LogP contribution in [0.4, 0.5) is 4.79 Å². The van der Waals surface area contributed by atoms with Crippen molar-refractivity contribution in [2.24, 2.45) is 0 Å². The number of aromatic nitrogens is 2. The molecule has 1 amide bonds. The van der Waals surface area contributed by atoms with Crippen LogP contribution in [0, 0.1) is 0 Å². The Balaban J connectivity index is 1.85. The molecule has 0 N–H and O–H groups in total. The standard InChI is InChI=1S/C17H19BrClN3O2/c1-17(2,3)24-16(23)21-8-9-22-13(10-21)14(18)15(20-22)11-4-6-12(19)7-5-11/h4-7H,8-10H2,1-3H3. The van der Waals surface area contributed by atoms with E-state index in [-0.39, 0.29) is 6.09 Å². The van der Waals surface area contributed by atoms with Crippen molar-refractivity contribution in [2.75, 3.05) is 6.54 Å². The highest BCUT2D eigenvalue weighted by molar-refractivity contribution is 9.10. The van der Waals surface area contributed by atoms with E-state index in [1.807, 2.05) is 49.7 Å². The normalized spacial score (nSPS) is 14.5. The van der Waals surface area contributed by atoms with Crippen LogP contribution in [-0.2, 0) is 17.8 Å². The Bertz CT molecular complexity index is 765. The third-order valence-electron chi connectivity index (χ3n) is 3.69. The fourth-order valence-electron chi connectivity index (χ4n) is 2.56. The average Bonchev–Trinajstić information content (AvgIpc) is 2.83. The largest absolute Gasteiger partial charge is 0.444 e. The van der Waals surface area contributed by atoms with E-state index in [0.717, 1.165) is 21.4 Å². The van der Waals surface area contributed by atoms with Crippen LogP contribution in [-0.4, -0.2) is 32.9 Å². The third kappa shape index (κ3) is 3.59. The lowest BCUT2D eigenvalue weighted by Gasteiger charge is -2.30. The Morgan fingerprint density at radius 1 is 1.25 bits per heavy atom. The number of carbonyl (C=O) groups is 1. The first-order chi connectivity index (χ1) is 11.2. The van der Waals surface area contributed by atoms with Crippen LogP contribution in [0.5, 0.6) is 0 Å². The molecule has 3 rings (SSSR count). The Hall–Kier alpha value is -1.53. The van der Waals surface area contributed by atoms with Crippen LogP contribution in [0.25, 0.3) is 11.3 Å². The summed E-state index contributed by atoms with van der Waals surface area (Å²) >= 11 is 9.59. The molecule has 0 aliphatic carbocycles. The number of hydrogen-bond acceptors (Lipinski definition) is 3. The van der Waals surface area contributed by atoms with Crippen molar-refractivity contribution >= 4 is 33.6 Å². The molecular formula is C17H19BrClN3O2. The molecule has 2 aromatic rings. The van der Waals surface area contributed by atoms with Crippen LogP contribution in [0.1, 0.15) is 26.5 Å². The molecule has 0 fully saturated rings. The summed E-state index contributed by atoms with van der Waals surface area (Å²) in [5.74, 6) is 0. The van der Waals surface area contributed by atoms with Crippen LogP contribution >= 0.6 is 27.5 Å². The lowest BCUT2D eigenvalue weighted by atomic mass is 10.1. The highest BCUT2D eigenvalue weighted by Crippen LogP contribution is 2.33. The van der Waals surface area contributed by atoms with Crippen LogP contribution < -0.4 is 0 Å². The first-order valence-corrected chi connectivity index (χ1v) is 8.91. The number of nitrogens with zero attached hydrogens (tertiary/aromatic N) is 3. The summed E-state index contributed by atoms with van der Waals surface area (Å²) in [6.07, 6.45) is -0.296. The van der Waals surface area contributed by atoms with E-state index in [9.17, 15) is 4.79 Å². The summed E-state index contributed by atoms with van der Waals surface area (Å²) in [6.45, 7) is 7.29. The quantitative estimate of drug-likeness (QED) is 0.681. The number of halogens is 2. The number of ether oxygens (including phenoxy) is 1. The maximum atomic E-state index is 12.3. The van der Waals surface area contributed by atoms with Gasteiger partial charge in [-0.25, -0.2) is 4.79 Å². The zero-order valence-electron chi connectivity index (χ0n) is 13.8. The highest BCUT2D eigenvalue weighted by Gasteiger charge is 2.29. The van der Waals surface area contributed by atoms with Crippen molar-refractivity contribution in [3.63, 3.8) is 0 Å². The Kier molecular flexibility index (Phi) is 4.62. The minimum absolute atomic E-state index is 0.296. The maximum absolute atomic E-state index is 12.3. The molecular weight excluding hydrogens is 394 g/mol. The van der Waals surface area contributed by atoms with Gasteiger partial charge in [-0.05, 0) is 48.8 Å². The second-order valence-corrected chi connectivity index (χ2v) is 7.97. The van der Waals surface area contributed by atoms with Gasteiger partial charge < -0.3 is 9.64 Å². The lowest BCUT2D eigenvalue weighted by Crippen LogP contribution is -2.41. The van der Waals surface area contributed by atoms with Gasteiger partial charge in [-0.15, -0.1) is 0 Å². The minimum atomic E-state index is -0.500. The molecule has 0 saturated carbocycles. The van der Waals surface area contributed by atoms with E-state index in [2.05, 4.69) is 21.0 Å². The van der Waals surface area contributed by atoms with E-state index < -0.39 is 5.60 Å². The number of rotatable bonds is 1. The van der Waals surface area contributed by atoms with Gasteiger partial charge in [-0.1, -0.05) is 23.7 Å². The highest BCUT2D eigenvalue weighted by atomic mass is 79.9. The number of amides is 1. The fourth-order valence-corrected chi connectivity index (χ4v) is 3.33. The molecule has 24 heavy (non-hydrogen) atoms. The van der Waals surface area contributed by atoms with Crippen molar-refractivity contribution in [1.82, 2.24) is 14.7 Å². The van der Waals surface area contributed by atoms with E-state index >= 15 is 0 Å². The van der Waals surface area contributed by atoms with Crippen molar-refractivity contribution < 1.29 is 9.53 Å². The molecule has 0 atom stereocenters. The minimum Gasteiger partial charge on any atom is -0.444 e. The molecule has 1 aliphatic rings. The zero-order valence-corrected chi connectivity index (χ0v) is 16.2. The van der Waals surface area contributed by atoms with E-state index in [4.69, 9.17) is 16.3 Å². The third-order valence-corrected chi connectivity index (χ3v) is 4.77. The molecule has 128 valence electrons. The summed E-state index contributed by atoms with van der Waals surface area (Å²) in [4.78, 5) is 14.0. The van der Waals surface area contributed by atoms with E-state index in [1.54, 1.807) is 4.90 Å². The summed E-state index contributed by atoms with van der Waals surface area (Å²) in [5.41, 5.74) is 2.31. The molecule has 0 radical (unpaired) electrons. The molecule has 1 aromatic heterocycles. The predicted octanol–water partition coefficient (Wildman–Crippen LogP) is 4.72. The van der Waals surface area contributed by atoms with Crippen molar-refractivity contribution in [3.05, 3.63) is 39.5 Å². The molecule has 2 heterocycles. The van der Waals surface area contributed by atoms with Gasteiger partial charge in [0.25, 0.3) is 0 Å². The van der Waals surface area contributed by atoms with Crippen molar-refractivity contribution in [2.45, 2.75) is 39.5 Å². The van der Waals surface area contributed by atoms with Gasteiger partial charge in [0.2, 0.25) is 0 Å². The lowest BCUT2D eigenvalue weighted by molar-refractivity contribution is 0.0194. The molecule has 0 unspecified atom stereocenters. The Morgan fingerprint density at radius 2 is 1.92 bits per heavy atom. The van der Waals surface area contributed by atoms with Gasteiger partial charge in [0, 0.05) is 17.1 Å². The number of benzene rings is 1. The number of fused-ring (bicyclic) bond motifs is 1. The maximum Gasteiger partial charge on any atom is 0.410 e. The second-order valence-electron chi connectivity index (χ2n) is 6.74. The van der Waals surface area contributed by atoms with E-state index in [0.29, 0.717) is 24.7 Å². The fraction of sp³-hybridized carbons (Fsp3) is 0.412. The smallest absolute Gasteiger partial charge is 0.410 e. The van der Waals surface area contributed by atoms with E-state index in [1.165, 1.54) is 0 Å². The SMILES string of the molecule is CC(C)(C)OC(=O)N1CCn2nc(-c3ccc(Cl)cc3)c(Br)c2C1. The van der Waals surface area contributed by atoms with Crippen molar-refractivity contribution in [3.8, 4) is 11.3 Å². The predicted molar refractivity (Wildman–Crippen MR) is 97.0 cm³/mol. The number of carbonyl (C=O) groups excluding carboxylic acids is 1. The zero-order chi connectivity index (χ0) is 17.5. The van der Waals surface area contributed by atoms with Gasteiger partial charge in [0.1, 0.15) is 11.3 Å². The number of hydrogen-bond donors (Lipinski definition) is 0. The molecule has 5 nitrogen and oxygen atoms in total. The van der Waals surface area contributed by atoms with Gasteiger partial charge in [0.05, 0.1) is 23.3 Å². The van der Waals surface area contributed by atoms with Crippen molar-refractivity contribution in [1.29, 1.82) is 0 Å². The molecule has 1 aromatic carbocycles.